The van der Waals surface area contributed by atoms with Gasteiger partial charge in [-0.1, -0.05) is 0 Å². The third kappa shape index (κ3) is 7.30. The molecule has 3 heteroatoms. The summed E-state index contributed by atoms with van der Waals surface area (Å²) in [4.78, 5) is 0. The Labute approximate surface area is 319 Å². The topological polar surface area (TPSA) is 0 Å². The number of unbranched alkanes of at least 4 members (excludes halogenated alkanes) is 2. The molecule has 0 bridgehead atoms. The van der Waals surface area contributed by atoms with Gasteiger partial charge in [0.2, 0.25) is 0 Å². The molecule has 2 aliphatic carbocycles. The van der Waals surface area contributed by atoms with Gasteiger partial charge in [0.25, 0.3) is 0 Å². The summed E-state index contributed by atoms with van der Waals surface area (Å²) in [5.74, 6) is 0. The van der Waals surface area contributed by atoms with E-state index in [0.717, 1.165) is 12.8 Å². The maximum Gasteiger partial charge on any atom is -1.00 e. The van der Waals surface area contributed by atoms with Crippen molar-refractivity contribution in [1.29, 1.82) is 0 Å². The van der Waals surface area contributed by atoms with Gasteiger partial charge in [0.05, 0.1) is 0 Å². The van der Waals surface area contributed by atoms with Crippen molar-refractivity contribution in [2.75, 3.05) is 0 Å². The van der Waals surface area contributed by atoms with Crippen LogP contribution in [0.15, 0.2) is 96.1 Å². The van der Waals surface area contributed by atoms with Gasteiger partial charge in [-0.25, -0.2) is 0 Å². The van der Waals surface area contributed by atoms with Gasteiger partial charge in [-0.2, -0.15) is 0 Å². The average molecular weight is 740 g/mol. The van der Waals surface area contributed by atoms with Gasteiger partial charge in [0.1, 0.15) is 0 Å². The summed E-state index contributed by atoms with van der Waals surface area (Å²) >= 11 is -2.55. The molecule has 1 saturated heterocycles. The number of allylic oxidation sites excluding steroid dienone is 2. The second-order valence-electron chi connectivity index (χ2n) is 15.1. The number of benzene rings is 4. The Balaban J connectivity index is 0.00000243. The molecule has 50 heavy (non-hydrogen) atoms. The molecule has 0 nitrogen and oxygen atoms in total. The molecule has 1 aliphatic heterocycles. The van der Waals surface area contributed by atoms with Crippen LogP contribution in [0.4, 0.5) is 0 Å². The van der Waals surface area contributed by atoms with Crippen LogP contribution in [0.3, 0.4) is 0 Å². The quantitative estimate of drug-likeness (QED) is 0.114. The van der Waals surface area contributed by atoms with Crippen LogP contribution in [0.5, 0.6) is 0 Å². The van der Waals surface area contributed by atoms with E-state index in [9.17, 15) is 0 Å². The van der Waals surface area contributed by atoms with Crippen LogP contribution in [-0.4, -0.2) is 0 Å². The second-order valence-corrected chi connectivity index (χ2v) is 22.3. The first-order valence-electron chi connectivity index (χ1n) is 19.5. The van der Waals surface area contributed by atoms with Crippen LogP contribution >= 0.6 is 0 Å². The predicted molar refractivity (Wildman–Crippen MR) is 206 cm³/mol. The summed E-state index contributed by atoms with van der Waals surface area (Å²) in [7, 11) is 0. The van der Waals surface area contributed by atoms with Gasteiger partial charge in [-0.05, 0) is 0 Å². The van der Waals surface area contributed by atoms with E-state index in [1.807, 2.05) is 0 Å². The van der Waals surface area contributed by atoms with Crippen molar-refractivity contribution >= 4 is 12.2 Å². The fourth-order valence-corrected chi connectivity index (χ4v) is 19.5. The normalized spacial score (nSPS) is 17.6. The number of aryl methyl sites for hydroxylation is 2. The third-order valence-electron chi connectivity index (χ3n) is 12.0. The molecule has 1 heterocycles. The average Bonchev–Trinajstić information content (AvgIpc) is 3.66. The predicted octanol–water partition coefficient (Wildman–Crippen LogP) is 8.28. The first kappa shape index (κ1) is 38.9. The van der Waals surface area contributed by atoms with Crippen LogP contribution in [0.1, 0.15) is 127 Å². The number of hydrogen-bond acceptors (Lipinski definition) is 0. The molecule has 0 spiro atoms. The minimum atomic E-state index is -2.55. The van der Waals surface area contributed by atoms with E-state index in [-0.39, 0.29) is 24.8 Å². The van der Waals surface area contributed by atoms with E-state index >= 15 is 0 Å². The molecule has 0 N–H and O–H groups in total. The minimum absolute atomic E-state index is 0. The van der Waals surface area contributed by atoms with E-state index < -0.39 is 16.6 Å². The van der Waals surface area contributed by atoms with Crippen LogP contribution in [0, 0.1) is 0 Å². The summed E-state index contributed by atoms with van der Waals surface area (Å²) in [5, 5.41) is 0. The standard InChI is InChI=1S/2C22H25.C3H6.2ClH.Ti/c2*1-3-5-8-18-15-20-9-6-10-21(22(20)16-18)19-13-11-17(7-4-2)12-14-19;1-3-2;;;/h2*6,9-16H,3-5,7-8H2,1-2H3;1-3H2;2*1H;/q;;;;;+2/p-2. The Morgan fingerprint density at radius 3 is 1.26 bits per heavy atom. The van der Waals surface area contributed by atoms with Crippen LogP contribution < -0.4 is 24.8 Å². The maximum absolute atomic E-state index is 2.70. The van der Waals surface area contributed by atoms with E-state index in [1.165, 1.54) is 101 Å². The number of rotatable bonds is 14. The minimum Gasteiger partial charge on any atom is -1.00 e. The van der Waals surface area contributed by atoms with Crippen molar-refractivity contribution < 1.29 is 41.4 Å². The zero-order valence-electron chi connectivity index (χ0n) is 30.8. The van der Waals surface area contributed by atoms with E-state index in [1.54, 1.807) is 33.4 Å². The van der Waals surface area contributed by atoms with Gasteiger partial charge >= 0.3 is 297 Å². The van der Waals surface area contributed by atoms with Gasteiger partial charge in [0.15, 0.2) is 0 Å². The molecule has 0 aromatic heterocycles. The Kier molecular flexibility index (Phi) is 13.6. The van der Waals surface area contributed by atoms with Crippen LogP contribution in [-0.2, 0) is 29.4 Å². The second kappa shape index (κ2) is 17.4. The molecular formula is C47H56Cl2Ti. The van der Waals surface area contributed by atoms with Crippen molar-refractivity contribution in [3.63, 3.8) is 0 Å². The molecule has 3 aliphatic rings. The van der Waals surface area contributed by atoms with E-state index in [0.29, 0.717) is 8.45 Å². The monoisotopic (exact) mass is 738 g/mol. The van der Waals surface area contributed by atoms with Gasteiger partial charge in [-0.3, -0.25) is 0 Å². The number of halogens is 2. The molecule has 7 rings (SSSR count). The van der Waals surface area contributed by atoms with Crippen molar-refractivity contribution in [2.24, 2.45) is 0 Å². The molecule has 262 valence electrons. The maximum atomic E-state index is 2.70. The number of fused-ring (bicyclic) bond motifs is 2. The summed E-state index contributed by atoms with van der Waals surface area (Å²) in [6, 6.07) is 33.7. The first-order valence-corrected chi connectivity index (χ1v) is 23.5. The third-order valence-corrected chi connectivity index (χ3v) is 21.7. The molecule has 4 aromatic carbocycles. The molecule has 2 unspecified atom stereocenters. The van der Waals surface area contributed by atoms with Crippen molar-refractivity contribution in [1.82, 2.24) is 0 Å². The zero-order chi connectivity index (χ0) is 33.1. The summed E-state index contributed by atoms with van der Waals surface area (Å²) in [5.41, 5.74) is 18.6. The van der Waals surface area contributed by atoms with E-state index in [2.05, 4.69) is 125 Å². The fourth-order valence-electron chi connectivity index (χ4n) is 9.59. The summed E-state index contributed by atoms with van der Waals surface area (Å²) in [6.45, 7) is 9.30. The van der Waals surface area contributed by atoms with Crippen molar-refractivity contribution in [3.05, 3.63) is 129 Å². The Morgan fingerprint density at radius 1 is 0.500 bits per heavy atom. The first-order chi connectivity index (χ1) is 23.6. The molecule has 1 fully saturated rings. The Hall–Kier alpha value is -2.35. The number of hydrogen-bond donors (Lipinski definition) is 0. The van der Waals surface area contributed by atoms with E-state index in [4.69, 9.17) is 0 Å². The summed E-state index contributed by atoms with van der Waals surface area (Å²) < 4.78 is 4.37. The molecule has 0 amide bonds. The SMILES string of the molecule is CCCCC1=Cc2c(-c3ccc(CCC)cc3)cccc2[CH]1[Ti+2]1([CH]2C(CCCC)=Cc3c(-c4ccc(CCC)cc4)cccc32)[CH2]C[CH2]1.[Cl-].[Cl-]. The molecule has 0 saturated carbocycles. The Morgan fingerprint density at radius 2 is 0.920 bits per heavy atom. The van der Waals surface area contributed by atoms with Gasteiger partial charge < -0.3 is 24.8 Å². The molecular weight excluding hydrogens is 683 g/mol. The summed E-state index contributed by atoms with van der Waals surface area (Å²) in [6.07, 6.45) is 19.2. The molecule has 0 radical (unpaired) electrons. The Bertz CT molecular complexity index is 1660. The molecule has 2 atom stereocenters. The van der Waals surface area contributed by atoms with Crippen LogP contribution in [0.2, 0.25) is 9.45 Å². The zero-order valence-corrected chi connectivity index (χ0v) is 33.9. The smallest absolute Gasteiger partial charge is 1.00 e. The van der Waals surface area contributed by atoms with Gasteiger partial charge in [-0.15, -0.1) is 0 Å². The van der Waals surface area contributed by atoms with Crippen molar-refractivity contribution in [2.45, 2.75) is 116 Å². The molecule has 4 aromatic rings. The van der Waals surface area contributed by atoms with Gasteiger partial charge in [0, 0.05) is 0 Å². The van der Waals surface area contributed by atoms with Crippen molar-refractivity contribution in [3.8, 4) is 22.3 Å². The fraction of sp³-hybridized carbons (Fsp3) is 0.404. The largest absolute Gasteiger partial charge is 1.00 e. The van der Waals surface area contributed by atoms with Crippen LogP contribution in [0.25, 0.3) is 34.4 Å².